The minimum absolute atomic E-state index is 0.0309. The van der Waals surface area contributed by atoms with Gasteiger partial charge in [0.05, 0.1) is 22.8 Å². The number of amides is 2. The van der Waals surface area contributed by atoms with Crippen molar-refractivity contribution in [3.8, 4) is 5.69 Å². The summed E-state index contributed by atoms with van der Waals surface area (Å²) in [6.07, 6.45) is 0. The van der Waals surface area contributed by atoms with Gasteiger partial charge in [-0.05, 0) is 56.3 Å². The Morgan fingerprint density at radius 1 is 1.00 bits per heavy atom. The molecule has 0 radical (unpaired) electrons. The highest BCUT2D eigenvalue weighted by Gasteiger charge is 2.26. The van der Waals surface area contributed by atoms with E-state index >= 15 is 0 Å². The summed E-state index contributed by atoms with van der Waals surface area (Å²) in [5.41, 5.74) is 3.79. The molecule has 0 aliphatic carbocycles. The molecule has 172 valence electrons. The zero-order valence-electron chi connectivity index (χ0n) is 18.6. The minimum atomic E-state index is -0.295. The quantitative estimate of drug-likeness (QED) is 0.608. The molecule has 33 heavy (non-hydrogen) atoms. The van der Waals surface area contributed by atoms with E-state index in [1.54, 1.807) is 24.3 Å². The van der Waals surface area contributed by atoms with Crippen LogP contribution < -0.4 is 5.32 Å². The zero-order valence-corrected chi connectivity index (χ0v) is 19.4. The Bertz CT molecular complexity index is 1170. The van der Waals surface area contributed by atoms with Crippen LogP contribution in [0.25, 0.3) is 5.69 Å². The van der Waals surface area contributed by atoms with Gasteiger partial charge in [-0.1, -0.05) is 23.7 Å². The molecule has 1 aliphatic heterocycles. The molecule has 3 aromatic rings. The number of nitrogens with zero attached hydrogens (tertiary/aromatic N) is 3. The fourth-order valence-corrected chi connectivity index (χ4v) is 4.38. The minimum Gasteiger partial charge on any atom is -0.336 e. The first-order valence-corrected chi connectivity index (χ1v) is 11.2. The number of hydrogen-bond acceptors (Lipinski definition) is 3. The largest absolute Gasteiger partial charge is 0.336 e. The number of piperazine rings is 1. The first kappa shape index (κ1) is 23.0. The molecule has 0 unspecified atom stereocenters. The second kappa shape index (κ2) is 9.77. The van der Waals surface area contributed by atoms with Gasteiger partial charge in [-0.15, -0.1) is 0 Å². The number of para-hydroxylation sites is 1. The second-order valence-electron chi connectivity index (χ2n) is 8.19. The number of hydrogen-bond donors (Lipinski definition) is 1. The number of aromatic nitrogens is 1. The molecule has 2 heterocycles. The van der Waals surface area contributed by atoms with E-state index in [0.29, 0.717) is 42.5 Å². The number of aryl methyl sites for hydroxylation is 1. The number of benzene rings is 2. The van der Waals surface area contributed by atoms with Gasteiger partial charge in [0.25, 0.3) is 5.91 Å². The van der Waals surface area contributed by atoms with Crippen molar-refractivity contribution >= 4 is 29.1 Å². The summed E-state index contributed by atoms with van der Waals surface area (Å²) in [6, 6.07) is 15.2. The van der Waals surface area contributed by atoms with Crippen molar-refractivity contribution in [2.24, 2.45) is 0 Å². The fourth-order valence-electron chi connectivity index (χ4n) is 4.20. The summed E-state index contributed by atoms with van der Waals surface area (Å²) in [5, 5.41) is 3.33. The van der Waals surface area contributed by atoms with Crippen LogP contribution in [0, 0.1) is 19.7 Å². The van der Waals surface area contributed by atoms with Gasteiger partial charge in [0.1, 0.15) is 5.82 Å². The lowest BCUT2D eigenvalue weighted by atomic mass is 10.2. The lowest BCUT2D eigenvalue weighted by molar-refractivity contribution is -0.117. The molecule has 1 aliphatic rings. The van der Waals surface area contributed by atoms with Crippen molar-refractivity contribution in [3.05, 3.63) is 82.4 Å². The van der Waals surface area contributed by atoms with Crippen LogP contribution in [0.2, 0.25) is 5.02 Å². The Balaban J connectivity index is 1.37. The maximum Gasteiger partial charge on any atom is 0.255 e. The van der Waals surface area contributed by atoms with E-state index in [0.717, 1.165) is 17.1 Å². The molecule has 2 aromatic carbocycles. The van der Waals surface area contributed by atoms with Crippen molar-refractivity contribution in [2.45, 2.75) is 13.8 Å². The number of anilines is 1. The predicted octanol–water partition coefficient (Wildman–Crippen LogP) is 4.28. The predicted molar refractivity (Wildman–Crippen MR) is 128 cm³/mol. The molecule has 2 amide bonds. The van der Waals surface area contributed by atoms with Crippen molar-refractivity contribution in [2.75, 3.05) is 38.0 Å². The molecular formula is C25H26ClFN4O2. The van der Waals surface area contributed by atoms with Gasteiger partial charge in [-0.25, -0.2) is 4.39 Å². The number of rotatable bonds is 5. The average molecular weight is 469 g/mol. The summed E-state index contributed by atoms with van der Waals surface area (Å²) in [7, 11) is 0. The number of carbonyl (C=O) groups is 2. The Hall–Kier alpha value is -3.16. The van der Waals surface area contributed by atoms with E-state index in [2.05, 4.69) is 5.32 Å². The van der Waals surface area contributed by atoms with Crippen LogP contribution in [-0.4, -0.2) is 58.9 Å². The van der Waals surface area contributed by atoms with Crippen LogP contribution >= 0.6 is 11.6 Å². The third-order valence-corrected chi connectivity index (χ3v) is 6.25. The van der Waals surface area contributed by atoms with Gasteiger partial charge in [0.2, 0.25) is 5.91 Å². The summed E-state index contributed by atoms with van der Waals surface area (Å²) in [6.45, 7) is 6.38. The zero-order chi connectivity index (χ0) is 23.5. The van der Waals surface area contributed by atoms with Crippen molar-refractivity contribution in [3.63, 3.8) is 0 Å². The second-order valence-corrected chi connectivity index (χ2v) is 8.60. The molecule has 1 N–H and O–H groups in total. The molecule has 0 bridgehead atoms. The van der Waals surface area contributed by atoms with Gasteiger partial charge in [-0.2, -0.15) is 0 Å². The fraction of sp³-hybridized carbons (Fsp3) is 0.280. The number of nitrogens with one attached hydrogen (secondary N) is 1. The normalized spacial score (nSPS) is 14.4. The summed E-state index contributed by atoms with van der Waals surface area (Å²) < 4.78 is 15.3. The highest BCUT2D eigenvalue weighted by molar-refractivity contribution is 6.33. The SMILES string of the molecule is Cc1cc(C(=O)N2CCN(CC(=O)Nc3ccccc3Cl)CC2)c(C)n1-c1ccc(F)cc1. The highest BCUT2D eigenvalue weighted by Crippen LogP contribution is 2.23. The standard InChI is InChI=1S/C25H26ClFN4O2/c1-17-15-21(18(2)31(17)20-9-7-19(27)8-10-20)25(33)30-13-11-29(12-14-30)16-24(32)28-23-6-4-3-5-22(23)26/h3-10,15H,11-14,16H2,1-2H3,(H,28,32). The third kappa shape index (κ3) is 5.10. The van der Waals surface area contributed by atoms with Crippen LogP contribution in [0.15, 0.2) is 54.6 Å². The van der Waals surface area contributed by atoms with Crippen molar-refractivity contribution in [1.82, 2.24) is 14.4 Å². The summed E-state index contributed by atoms with van der Waals surface area (Å²) in [4.78, 5) is 29.5. The van der Waals surface area contributed by atoms with E-state index in [-0.39, 0.29) is 24.2 Å². The Morgan fingerprint density at radius 3 is 2.33 bits per heavy atom. The maximum absolute atomic E-state index is 13.3. The molecular weight excluding hydrogens is 443 g/mol. The molecule has 0 atom stereocenters. The van der Waals surface area contributed by atoms with Gasteiger partial charge in [-0.3, -0.25) is 14.5 Å². The summed E-state index contributed by atoms with van der Waals surface area (Å²) >= 11 is 6.10. The van der Waals surface area contributed by atoms with E-state index in [1.807, 2.05) is 46.4 Å². The number of carbonyl (C=O) groups excluding carboxylic acids is 2. The Kier molecular flexibility index (Phi) is 6.81. The van der Waals surface area contributed by atoms with E-state index in [4.69, 9.17) is 11.6 Å². The van der Waals surface area contributed by atoms with Crippen molar-refractivity contribution in [1.29, 1.82) is 0 Å². The molecule has 4 rings (SSSR count). The van der Waals surface area contributed by atoms with E-state index in [9.17, 15) is 14.0 Å². The maximum atomic E-state index is 13.3. The Morgan fingerprint density at radius 2 is 1.67 bits per heavy atom. The first-order valence-electron chi connectivity index (χ1n) is 10.8. The molecule has 0 saturated carbocycles. The molecule has 0 spiro atoms. The van der Waals surface area contributed by atoms with Gasteiger partial charge < -0.3 is 14.8 Å². The smallest absolute Gasteiger partial charge is 0.255 e. The van der Waals surface area contributed by atoms with Crippen LogP contribution in [0.3, 0.4) is 0 Å². The van der Waals surface area contributed by atoms with E-state index < -0.39 is 0 Å². The molecule has 8 heteroatoms. The average Bonchev–Trinajstić information content (AvgIpc) is 3.10. The van der Waals surface area contributed by atoms with Gasteiger partial charge in [0.15, 0.2) is 0 Å². The van der Waals surface area contributed by atoms with Crippen LogP contribution in [0.1, 0.15) is 21.7 Å². The third-order valence-electron chi connectivity index (χ3n) is 5.92. The highest BCUT2D eigenvalue weighted by atomic mass is 35.5. The first-order chi connectivity index (χ1) is 15.8. The summed E-state index contributed by atoms with van der Waals surface area (Å²) in [5.74, 6) is -0.460. The lowest BCUT2D eigenvalue weighted by Crippen LogP contribution is -2.50. The van der Waals surface area contributed by atoms with Gasteiger partial charge in [0, 0.05) is 43.3 Å². The Labute approximate surface area is 197 Å². The molecule has 1 fully saturated rings. The monoisotopic (exact) mass is 468 g/mol. The van der Waals surface area contributed by atoms with E-state index in [1.165, 1.54) is 12.1 Å². The number of halogens is 2. The van der Waals surface area contributed by atoms with Gasteiger partial charge >= 0.3 is 0 Å². The van der Waals surface area contributed by atoms with Crippen LogP contribution in [-0.2, 0) is 4.79 Å². The molecule has 6 nitrogen and oxygen atoms in total. The molecule has 1 aromatic heterocycles. The van der Waals surface area contributed by atoms with Crippen LogP contribution in [0.4, 0.5) is 10.1 Å². The molecule has 1 saturated heterocycles. The van der Waals surface area contributed by atoms with Crippen molar-refractivity contribution < 1.29 is 14.0 Å². The van der Waals surface area contributed by atoms with Crippen LogP contribution in [0.5, 0.6) is 0 Å². The lowest BCUT2D eigenvalue weighted by Gasteiger charge is -2.34. The topological polar surface area (TPSA) is 57.6 Å².